The SMILES string of the molecule is CN(C(=O)C[C@H](NS(=O)(=O)c1ccc2ccccc2c1)C(=O)N(Cc1ccccn1)C(C(=O)O)N(Cc1ccccn1)C(=O)[C@H](CC(=O)N(C)[C@H]1CCCN(C(=N)N)C1)NS(=O)(=O)c1ccc2ccccc2c1)[C@H]1CCCN(C(=N)N)C1. The second-order valence-electron chi connectivity index (χ2n) is 20.3. The zero-order valence-corrected chi connectivity index (χ0v) is 46.9. The molecule has 0 unspecified atom stereocenters. The first kappa shape index (κ1) is 59.5. The Morgan fingerprint density at radius 3 is 1.33 bits per heavy atom. The summed E-state index contributed by atoms with van der Waals surface area (Å²) in [6.07, 6.45) is 0.464. The van der Waals surface area contributed by atoms with Crippen LogP contribution >= 0.6 is 0 Å². The highest BCUT2D eigenvalue weighted by atomic mass is 32.2. The van der Waals surface area contributed by atoms with E-state index in [0.717, 1.165) is 0 Å². The average molecular weight is 1160 g/mol. The highest BCUT2D eigenvalue weighted by Gasteiger charge is 2.45. The van der Waals surface area contributed by atoms with Gasteiger partial charge in [0.05, 0.1) is 47.1 Å². The number of hydrogen-bond donors (Lipinski definition) is 7. The van der Waals surface area contributed by atoms with Crippen molar-refractivity contribution in [1.82, 2.24) is 48.8 Å². The van der Waals surface area contributed by atoms with Crippen molar-refractivity contribution >= 4 is 83.1 Å². The van der Waals surface area contributed by atoms with Gasteiger partial charge in [0.2, 0.25) is 49.8 Å². The Morgan fingerprint density at radius 1 is 0.598 bits per heavy atom. The number of aromatic nitrogens is 2. The lowest BCUT2D eigenvalue weighted by Gasteiger charge is -2.41. The number of aliphatic carboxylic acids is 1. The van der Waals surface area contributed by atoms with Gasteiger partial charge in [-0.1, -0.05) is 72.8 Å². The van der Waals surface area contributed by atoms with Gasteiger partial charge in [-0.25, -0.2) is 21.6 Å². The predicted molar refractivity (Wildman–Crippen MR) is 305 cm³/mol. The van der Waals surface area contributed by atoms with E-state index in [2.05, 4.69) is 19.4 Å². The molecule has 6 aromatic rings. The number of carbonyl (C=O) groups is 5. The Morgan fingerprint density at radius 2 is 0.976 bits per heavy atom. The fourth-order valence-corrected chi connectivity index (χ4v) is 12.7. The van der Waals surface area contributed by atoms with Crippen LogP contribution in [0.4, 0.5) is 0 Å². The topological polar surface area (TPSA) is 343 Å². The average Bonchev–Trinajstić information content (AvgIpc) is 3.68. The molecule has 2 fully saturated rings. The first-order valence-electron chi connectivity index (χ1n) is 26.4. The second-order valence-corrected chi connectivity index (χ2v) is 23.8. The van der Waals surface area contributed by atoms with Gasteiger partial charge >= 0.3 is 5.97 Å². The van der Waals surface area contributed by atoms with Crippen LogP contribution in [0.1, 0.15) is 49.9 Å². The molecular weight excluding hydrogens is 1090 g/mol. The van der Waals surface area contributed by atoms with Crippen LogP contribution in [0.5, 0.6) is 0 Å². The molecule has 0 spiro atoms. The number of rotatable bonds is 21. The van der Waals surface area contributed by atoms with Gasteiger partial charge in [-0.05, 0) is 95.8 Å². The number of carboxylic acid groups (broad SMARTS) is 1. The van der Waals surface area contributed by atoms with E-state index < -0.39 is 106 Å². The minimum Gasteiger partial charge on any atom is -0.478 e. The van der Waals surface area contributed by atoms with Crippen molar-refractivity contribution < 1.29 is 45.9 Å². The Hall–Kier alpha value is -8.59. The van der Waals surface area contributed by atoms with Crippen LogP contribution in [-0.4, -0.2) is 173 Å². The molecule has 2 aliphatic rings. The summed E-state index contributed by atoms with van der Waals surface area (Å²) in [5.74, 6) is -6.44. The molecule has 432 valence electrons. The van der Waals surface area contributed by atoms with E-state index in [9.17, 15) is 36.3 Å². The van der Waals surface area contributed by atoms with Gasteiger partial charge in [0.15, 0.2) is 11.9 Å². The van der Waals surface area contributed by atoms with E-state index in [4.69, 9.17) is 22.3 Å². The molecule has 9 N–H and O–H groups in total. The minimum absolute atomic E-state index is 0.0518. The fourth-order valence-electron chi connectivity index (χ4n) is 10.3. The first-order chi connectivity index (χ1) is 39.1. The van der Waals surface area contributed by atoms with Crippen molar-refractivity contribution in [2.24, 2.45) is 11.5 Å². The number of likely N-dealkylation sites (tertiary alicyclic amines) is 2. The third-order valence-electron chi connectivity index (χ3n) is 14.9. The van der Waals surface area contributed by atoms with Gasteiger partial charge in [-0.2, -0.15) is 9.44 Å². The van der Waals surface area contributed by atoms with Crippen LogP contribution in [0.25, 0.3) is 21.5 Å². The maximum absolute atomic E-state index is 15.9. The largest absolute Gasteiger partial charge is 0.478 e. The van der Waals surface area contributed by atoms with E-state index in [-0.39, 0.29) is 46.2 Å². The number of pyridine rings is 2. The molecule has 82 heavy (non-hydrogen) atoms. The zero-order chi connectivity index (χ0) is 58.9. The van der Waals surface area contributed by atoms with E-state index >= 15 is 9.59 Å². The number of carboxylic acids is 1. The predicted octanol–water partition coefficient (Wildman–Crippen LogP) is 2.66. The van der Waals surface area contributed by atoms with E-state index in [1.54, 1.807) is 94.7 Å². The smallest absolute Gasteiger partial charge is 0.347 e. The number of sulfonamides is 2. The molecule has 2 aromatic heterocycles. The van der Waals surface area contributed by atoms with E-state index in [0.29, 0.717) is 70.1 Å². The van der Waals surface area contributed by atoms with Gasteiger partial charge in [-0.3, -0.25) is 40.0 Å². The molecule has 8 rings (SSSR count). The van der Waals surface area contributed by atoms with Gasteiger partial charge in [0, 0.05) is 64.8 Å². The van der Waals surface area contributed by atoms with Crippen LogP contribution < -0.4 is 20.9 Å². The molecule has 26 heteroatoms. The highest BCUT2D eigenvalue weighted by Crippen LogP contribution is 2.26. The number of nitrogens with zero attached hydrogens (tertiary/aromatic N) is 8. The second kappa shape index (κ2) is 25.9. The molecule has 4 atom stereocenters. The molecule has 2 saturated heterocycles. The lowest BCUT2D eigenvalue weighted by atomic mass is 10.0. The molecule has 2 aliphatic heterocycles. The lowest BCUT2D eigenvalue weighted by Crippen LogP contribution is -2.63. The van der Waals surface area contributed by atoms with Crippen LogP contribution in [-0.2, 0) is 57.1 Å². The van der Waals surface area contributed by atoms with Crippen LogP contribution in [0, 0.1) is 10.8 Å². The number of carbonyl (C=O) groups excluding carboxylic acids is 4. The number of amides is 4. The van der Waals surface area contributed by atoms with Gasteiger partial charge in [0.25, 0.3) is 0 Å². The minimum atomic E-state index is -4.78. The Bertz CT molecular complexity index is 3360. The van der Waals surface area contributed by atoms with E-state index in [1.165, 1.54) is 72.7 Å². The number of likely N-dealkylation sites (N-methyl/N-ethyl adjacent to an activating group) is 2. The summed E-state index contributed by atoms with van der Waals surface area (Å²) in [6, 6.07) is 26.1. The zero-order valence-electron chi connectivity index (χ0n) is 45.2. The third kappa shape index (κ3) is 14.3. The summed E-state index contributed by atoms with van der Waals surface area (Å²) in [4.78, 5) is 90.7. The number of hydrogen-bond acceptors (Lipinski definition) is 13. The summed E-state index contributed by atoms with van der Waals surface area (Å²) in [5, 5.41) is 30.2. The summed E-state index contributed by atoms with van der Waals surface area (Å²) in [5.41, 5.74) is 11.8. The van der Waals surface area contributed by atoms with Crippen LogP contribution in [0.15, 0.2) is 144 Å². The third-order valence-corrected chi connectivity index (χ3v) is 17.8. The van der Waals surface area contributed by atoms with Crippen molar-refractivity contribution in [3.8, 4) is 0 Å². The molecule has 4 amide bonds. The van der Waals surface area contributed by atoms with Crippen LogP contribution in [0.3, 0.4) is 0 Å². The number of nitrogens with one attached hydrogen (secondary N) is 4. The molecule has 4 aromatic carbocycles. The molecule has 0 aliphatic carbocycles. The monoisotopic (exact) mass is 1160 g/mol. The summed E-state index contributed by atoms with van der Waals surface area (Å²) in [6.45, 7) is -0.272. The Kier molecular flexibility index (Phi) is 18.8. The first-order valence-corrected chi connectivity index (χ1v) is 29.4. The van der Waals surface area contributed by atoms with Gasteiger partial charge in [0.1, 0.15) is 12.1 Å². The van der Waals surface area contributed by atoms with Crippen molar-refractivity contribution in [1.29, 1.82) is 10.8 Å². The van der Waals surface area contributed by atoms with E-state index in [1.807, 2.05) is 0 Å². The van der Waals surface area contributed by atoms with Crippen molar-refractivity contribution in [3.05, 3.63) is 145 Å². The molecule has 24 nitrogen and oxygen atoms in total. The Labute approximate surface area is 475 Å². The number of nitrogens with two attached hydrogens (primary N) is 2. The summed E-state index contributed by atoms with van der Waals surface area (Å²) >= 11 is 0. The number of fused-ring (bicyclic) bond motifs is 2. The fraction of sp³-hybridized carbons (Fsp3) is 0.339. The van der Waals surface area contributed by atoms with Crippen molar-refractivity contribution in [3.63, 3.8) is 0 Å². The maximum Gasteiger partial charge on any atom is 0.347 e. The van der Waals surface area contributed by atoms with Gasteiger partial charge < -0.3 is 46.0 Å². The molecule has 0 saturated carbocycles. The Balaban J connectivity index is 1.25. The number of benzene rings is 4. The van der Waals surface area contributed by atoms with Crippen molar-refractivity contribution in [2.75, 3.05) is 40.3 Å². The molecule has 0 radical (unpaired) electrons. The standard InChI is InChI=1S/C56H66N14O10S2/c1-65(43-19-11-27-67(35-43)55(57)58)49(71)31-47(63-81(77,78)45-23-21-37-13-3-5-15-39(37)29-45)52(73)69(33-41-17-7-9-25-61-41)51(54(75)76)70(34-42-18-8-10-26-62-42)53(74)48(32-50(72)66(2)44-20-12-28-68(36-44)56(59)60)64-82(79,80)46-24-22-38-14-4-6-16-40(38)30-46/h3-10,13-18,21-26,29-30,43-44,47-48,51,63-64H,11-12,19-20,27-28,31-36H2,1-2H3,(H3,57,58)(H3,59,60)(H,75,76)/t43-,44-,47-,48-/m0/s1. The van der Waals surface area contributed by atoms with Gasteiger partial charge in [-0.15, -0.1) is 0 Å². The molecular formula is C56H66N14O10S2. The summed E-state index contributed by atoms with van der Waals surface area (Å²) < 4.78 is 63.6. The van der Waals surface area contributed by atoms with Crippen molar-refractivity contribution in [2.45, 2.75) is 91.7 Å². The molecule has 4 heterocycles. The summed E-state index contributed by atoms with van der Waals surface area (Å²) in [7, 11) is -6.64. The highest BCUT2D eigenvalue weighted by molar-refractivity contribution is 7.89. The number of guanidine groups is 2. The lowest BCUT2D eigenvalue weighted by molar-refractivity contribution is -0.167. The van der Waals surface area contributed by atoms with Crippen LogP contribution in [0.2, 0.25) is 0 Å². The number of piperidine rings is 2. The molecule has 0 bridgehead atoms. The quantitative estimate of drug-likeness (QED) is 0.0309. The maximum atomic E-state index is 15.9. The normalized spacial score (nSPS) is 16.8.